The molecule has 136 valence electrons. The predicted octanol–water partition coefficient (Wildman–Crippen LogP) is 0.653. The summed E-state index contributed by atoms with van der Waals surface area (Å²) >= 11 is 0. The number of halogens is 1. The highest BCUT2D eigenvalue weighted by Gasteiger charge is 2.28. The summed E-state index contributed by atoms with van der Waals surface area (Å²) in [6.45, 7) is 6.11. The first-order valence-corrected chi connectivity index (χ1v) is 9.81. The average Bonchev–Trinajstić information content (AvgIpc) is 2.78. The lowest BCUT2D eigenvalue weighted by molar-refractivity contribution is -0.121. The molecule has 1 aliphatic rings. The average molecular weight is 460 g/mol. The summed E-state index contributed by atoms with van der Waals surface area (Å²) < 4.78 is 22.7. The molecule has 1 heterocycles. The standard InChI is InChI=1S/C14H28N4O3S.HI/c1-3-5-8-16-14(15-4-2)17-9-6-13(19)18-12-7-10-22(20,21)11-12;/h12H,3-11H2,1-2H3,(H,18,19)(H2,15,16,17);1H. The largest absolute Gasteiger partial charge is 0.357 e. The van der Waals surface area contributed by atoms with Gasteiger partial charge in [0.15, 0.2) is 15.8 Å². The van der Waals surface area contributed by atoms with E-state index < -0.39 is 9.84 Å². The molecule has 0 aliphatic carbocycles. The normalized spacial score (nSPS) is 19.7. The summed E-state index contributed by atoms with van der Waals surface area (Å²) in [5, 5.41) is 9.01. The van der Waals surface area contributed by atoms with Gasteiger partial charge in [0, 0.05) is 32.1 Å². The van der Waals surface area contributed by atoms with Gasteiger partial charge < -0.3 is 16.0 Å². The van der Waals surface area contributed by atoms with E-state index in [9.17, 15) is 13.2 Å². The van der Waals surface area contributed by atoms with Crippen LogP contribution < -0.4 is 16.0 Å². The van der Waals surface area contributed by atoms with Crippen molar-refractivity contribution < 1.29 is 13.2 Å². The molecule has 7 nitrogen and oxygen atoms in total. The van der Waals surface area contributed by atoms with Crippen LogP contribution in [0.15, 0.2) is 4.99 Å². The number of nitrogens with one attached hydrogen (secondary N) is 3. The molecule has 1 fully saturated rings. The van der Waals surface area contributed by atoms with Gasteiger partial charge in [-0.2, -0.15) is 0 Å². The Bertz CT molecular complexity index is 482. The number of aliphatic imine (C=N–C) groups is 1. The molecule has 0 aromatic heterocycles. The minimum Gasteiger partial charge on any atom is -0.357 e. The van der Waals surface area contributed by atoms with Crippen LogP contribution in [0.3, 0.4) is 0 Å². The molecule has 1 rings (SSSR count). The van der Waals surface area contributed by atoms with Gasteiger partial charge in [-0.25, -0.2) is 8.42 Å². The first-order valence-electron chi connectivity index (χ1n) is 7.98. The van der Waals surface area contributed by atoms with Crippen molar-refractivity contribution in [2.45, 2.75) is 45.6 Å². The minimum absolute atomic E-state index is 0. The van der Waals surface area contributed by atoms with E-state index in [1.165, 1.54) is 0 Å². The molecule has 0 aromatic rings. The molecular formula is C14H29IN4O3S. The summed E-state index contributed by atoms with van der Waals surface area (Å²) in [5.74, 6) is 0.823. The second-order valence-corrected chi connectivity index (χ2v) is 7.69. The van der Waals surface area contributed by atoms with E-state index in [2.05, 4.69) is 27.9 Å². The van der Waals surface area contributed by atoms with E-state index >= 15 is 0 Å². The molecule has 0 radical (unpaired) electrons. The Kier molecular flexibility index (Phi) is 11.6. The summed E-state index contributed by atoms with van der Waals surface area (Å²) in [6, 6.07) is -0.232. The number of nitrogens with zero attached hydrogens (tertiary/aromatic N) is 1. The lowest BCUT2D eigenvalue weighted by atomic mass is 10.2. The Hall–Kier alpha value is -0.580. The van der Waals surface area contributed by atoms with Crippen LogP contribution in [0.2, 0.25) is 0 Å². The van der Waals surface area contributed by atoms with Crippen molar-refractivity contribution >= 4 is 45.7 Å². The van der Waals surface area contributed by atoms with Crippen molar-refractivity contribution in [3.8, 4) is 0 Å². The summed E-state index contributed by atoms with van der Waals surface area (Å²) in [5.41, 5.74) is 0. The van der Waals surface area contributed by atoms with Crippen molar-refractivity contribution in [3.63, 3.8) is 0 Å². The van der Waals surface area contributed by atoms with Crippen molar-refractivity contribution in [2.75, 3.05) is 31.1 Å². The third-order valence-corrected chi connectivity index (χ3v) is 5.14. The Morgan fingerprint density at radius 2 is 2.00 bits per heavy atom. The van der Waals surface area contributed by atoms with Crippen LogP contribution in [0.1, 0.15) is 39.5 Å². The lowest BCUT2D eigenvalue weighted by Crippen LogP contribution is -2.41. The van der Waals surface area contributed by atoms with Crippen LogP contribution in [0.4, 0.5) is 0 Å². The number of amides is 1. The second-order valence-electron chi connectivity index (χ2n) is 5.46. The number of hydrogen-bond donors (Lipinski definition) is 3. The fourth-order valence-corrected chi connectivity index (χ4v) is 3.87. The van der Waals surface area contributed by atoms with Gasteiger partial charge >= 0.3 is 0 Å². The Balaban J connectivity index is 0.00000484. The smallest absolute Gasteiger partial charge is 0.222 e. The van der Waals surface area contributed by atoms with E-state index in [1.807, 2.05) is 6.92 Å². The van der Waals surface area contributed by atoms with E-state index in [4.69, 9.17) is 0 Å². The van der Waals surface area contributed by atoms with Crippen LogP contribution in [-0.4, -0.2) is 57.5 Å². The molecule has 1 unspecified atom stereocenters. The Morgan fingerprint density at radius 3 is 2.57 bits per heavy atom. The maximum Gasteiger partial charge on any atom is 0.222 e. The second kappa shape index (κ2) is 11.9. The maximum absolute atomic E-state index is 11.8. The van der Waals surface area contributed by atoms with Gasteiger partial charge in [-0.3, -0.25) is 9.79 Å². The molecule has 9 heteroatoms. The molecule has 0 spiro atoms. The predicted molar refractivity (Wildman–Crippen MR) is 104 cm³/mol. The molecule has 3 N–H and O–H groups in total. The third kappa shape index (κ3) is 10.0. The van der Waals surface area contributed by atoms with E-state index in [-0.39, 0.29) is 47.4 Å². The van der Waals surface area contributed by atoms with Crippen LogP contribution >= 0.6 is 24.0 Å². The van der Waals surface area contributed by atoms with E-state index in [0.29, 0.717) is 25.3 Å². The van der Waals surface area contributed by atoms with Crippen LogP contribution in [0.25, 0.3) is 0 Å². The fraction of sp³-hybridized carbons (Fsp3) is 0.857. The topological polar surface area (TPSA) is 99.7 Å². The highest BCUT2D eigenvalue weighted by molar-refractivity contribution is 14.0. The van der Waals surface area contributed by atoms with Gasteiger partial charge in [-0.1, -0.05) is 13.3 Å². The zero-order valence-corrected chi connectivity index (χ0v) is 17.1. The highest BCUT2D eigenvalue weighted by atomic mass is 127. The molecule has 23 heavy (non-hydrogen) atoms. The van der Waals surface area contributed by atoms with Crippen molar-refractivity contribution in [2.24, 2.45) is 4.99 Å². The molecule has 0 saturated carbocycles. The molecule has 0 aromatic carbocycles. The van der Waals surface area contributed by atoms with Gasteiger partial charge in [0.2, 0.25) is 5.91 Å². The van der Waals surface area contributed by atoms with E-state index in [0.717, 1.165) is 25.9 Å². The quantitative estimate of drug-likeness (QED) is 0.214. The van der Waals surface area contributed by atoms with E-state index in [1.54, 1.807) is 0 Å². The van der Waals surface area contributed by atoms with Crippen LogP contribution in [0, 0.1) is 0 Å². The van der Waals surface area contributed by atoms with Gasteiger partial charge in [0.25, 0.3) is 0 Å². The molecule has 1 saturated heterocycles. The number of carbonyl (C=O) groups is 1. The van der Waals surface area contributed by atoms with Crippen LogP contribution in [0.5, 0.6) is 0 Å². The van der Waals surface area contributed by atoms with Gasteiger partial charge in [-0.15, -0.1) is 24.0 Å². The molecule has 1 atom stereocenters. The van der Waals surface area contributed by atoms with Crippen molar-refractivity contribution in [1.29, 1.82) is 0 Å². The molecule has 0 bridgehead atoms. The zero-order valence-electron chi connectivity index (χ0n) is 13.9. The van der Waals surface area contributed by atoms with Gasteiger partial charge in [-0.05, 0) is 19.8 Å². The number of sulfone groups is 1. The summed E-state index contributed by atoms with van der Waals surface area (Å²) in [4.78, 5) is 16.2. The van der Waals surface area contributed by atoms with Gasteiger partial charge in [0.05, 0.1) is 11.5 Å². The fourth-order valence-electron chi connectivity index (χ4n) is 2.19. The SMILES string of the molecule is CCCCN=C(NCC)NCCC(=O)NC1CCS(=O)(=O)C1.I. The maximum atomic E-state index is 11.8. The van der Waals surface area contributed by atoms with Crippen LogP contribution in [-0.2, 0) is 14.6 Å². The minimum atomic E-state index is -2.95. The zero-order chi connectivity index (χ0) is 16.4. The molecule has 1 amide bonds. The molecular weight excluding hydrogens is 431 g/mol. The van der Waals surface area contributed by atoms with Gasteiger partial charge in [0.1, 0.15) is 0 Å². The number of guanidine groups is 1. The Morgan fingerprint density at radius 1 is 1.26 bits per heavy atom. The first kappa shape index (κ1) is 22.4. The number of rotatable bonds is 8. The monoisotopic (exact) mass is 460 g/mol. The third-order valence-electron chi connectivity index (χ3n) is 3.37. The van der Waals surface area contributed by atoms with Crippen molar-refractivity contribution in [1.82, 2.24) is 16.0 Å². The van der Waals surface area contributed by atoms with Crippen molar-refractivity contribution in [3.05, 3.63) is 0 Å². The number of hydrogen-bond acceptors (Lipinski definition) is 4. The lowest BCUT2D eigenvalue weighted by Gasteiger charge is -2.13. The summed E-state index contributed by atoms with van der Waals surface area (Å²) in [6.07, 6.45) is 2.94. The Labute approximate surface area is 156 Å². The number of unbranched alkanes of at least 4 members (excludes halogenated alkanes) is 1. The molecule has 1 aliphatic heterocycles. The highest BCUT2D eigenvalue weighted by Crippen LogP contribution is 2.11. The summed E-state index contributed by atoms with van der Waals surface area (Å²) in [7, 11) is -2.95. The first-order chi connectivity index (χ1) is 10.5. The number of carbonyl (C=O) groups excluding carboxylic acids is 1.